The number of aliphatic hydroxyl groups is 1. The molecule has 19 heteroatoms. The van der Waals surface area contributed by atoms with Gasteiger partial charge in [0.15, 0.2) is 12.2 Å². The molecule has 17 nitrogen and oxygen atoms in total. The normalized spacial score (nSPS) is 14.2. The predicted molar refractivity (Wildman–Crippen MR) is 391 cm³/mol. The highest BCUT2D eigenvalue weighted by molar-refractivity contribution is 7.47. The standard InChI is InChI=1S/C77H146O17P2/c1-7-9-11-13-15-17-19-21-23-25-27-31-35-43-49-55-61-76(81)93-72(65-87-74(79)59-53-47-41-34-30-26-24-22-20-18-16-14-12-10-8-2)67-91-95(83,84)89-63-71(78)64-90-96(85,86)92-68-73(66-88-75(80)60-54-48-42-38-37-40-46-52-58-70(5)6)94-77(82)62-56-50-44-36-32-28-29-33-39-45-51-57-69(3)4/h18,20,22,24,69-73,78H,7-17,19,21,23,25-68H2,1-6H3,(H,83,84)(H,85,86)/b20-18-,24-22-/t71-,72-,73-/m1/s1. The number of ether oxygens (including phenoxy) is 4. The molecule has 96 heavy (non-hydrogen) atoms. The third-order valence-corrected chi connectivity index (χ3v) is 19.2. The number of carbonyl (C=O) groups excluding carboxylic acids is 4. The summed E-state index contributed by atoms with van der Waals surface area (Å²) in [4.78, 5) is 72.8. The van der Waals surface area contributed by atoms with Crippen molar-refractivity contribution in [2.75, 3.05) is 39.6 Å². The highest BCUT2D eigenvalue weighted by atomic mass is 31.2. The minimum Gasteiger partial charge on any atom is -0.462 e. The molecule has 0 saturated heterocycles. The maximum Gasteiger partial charge on any atom is 0.472 e. The van der Waals surface area contributed by atoms with Gasteiger partial charge in [-0.15, -0.1) is 0 Å². The predicted octanol–water partition coefficient (Wildman–Crippen LogP) is 22.3. The molecule has 0 amide bonds. The molecule has 0 heterocycles. The van der Waals surface area contributed by atoms with Crippen LogP contribution >= 0.6 is 15.6 Å². The smallest absolute Gasteiger partial charge is 0.462 e. The monoisotopic (exact) mass is 1410 g/mol. The number of carbonyl (C=O) groups is 4. The molecule has 0 radical (unpaired) electrons. The van der Waals surface area contributed by atoms with Gasteiger partial charge in [-0.25, -0.2) is 9.13 Å². The van der Waals surface area contributed by atoms with E-state index >= 15 is 0 Å². The van der Waals surface area contributed by atoms with Crippen molar-refractivity contribution >= 4 is 39.5 Å². The van der Waals surface area contributed by atoms with Gasteiger partial charge in [-0.05, 0) is 63.2 Å². The second-order valence-corrected chi connectivity index (χ2v) is 30.9. The Morgan fingerprint density at radius 2 is 0.562 bits per heavy atom. The second kappa shape index (κ2) is 68.3. The molecule has 0 aliphatic rings. The molecule has 0 spiro atoms. The summed E-state index contributed by atoms with van der Waals surface area (Å²) in [5, 5.41) is 10.6. The van der Waals surface area contributed by atoms with Crippen LogP contribution in [0.5, 0.6) is 0 Å². The molecule has 0 fully saturated rings. The van der Waals surface area contributed by atoms with E-state index in [-0.39, 0.29) is 25.7 Å². The van der Waals surface area contributed by atoms with E-state index in [1.165, 1.54) is 173 Å². The quantitative estimate of drug-likeness (QED) is 0.0169. The number of phosphoric ester groups is 2. The molecule has 5 atom stereocenters. The van der Waals surface area contributed by atoms with E-state index in [4.69, 9.17) is 37.0 Å². The van der Waals surface area contributed by atoms with Crippen molar-refractivity contribution in [3.8, 4) is 0 Å². The number of aliphatic hydroxyl groups excluding tert-OH is 1. The first kappa shape index (κ1) is 93.5. The van der Waals surface area contributed by atoms with E-state index in [1.54, 1.807) is 0 Å². The van der Waals surface area contributed by atoms with Crippen molar-refractivity contribution in [3.63, 3.8) is 0 Å². The van der Waals surface area contributed by atoms with E-state index < -0.39 is 97.5 Å². The van der Waals surface area contributed by atoms with Gasteiger partial charge >= 0.3 is 39.5 Å². The SMILES string of the molecule is CCCCCC/C=C\C=C/CCCCCCCC(=O)OC[C@H](COP(=O)(O)OC[C@@H](O)COP(=O)(O)OC[C@@H](COC(=O)CCCCCCCCCCC(C)C)OC(=O)CCCCCCCCCCCCCC(C)C)OC(=O)CCCCCCCCCCCCCCCCCC. The molecular weight excluding hydrogens is 1260 g/mol. The molecule has 0 saturated carbocycles. The molecule has 0 aromatic rings. The van der Waals surface area contributed by atoms with Crippen LogP contribution in [0.15, 0.2) is 24.3 Å². The van der Waals surface area contributed by atoms with Crippen molar-refractivity contribution < 1.29 is 80.2 Å². The Bertz CT molecular complexity index is 1950. The molecule has 3 N–H and O–H groups in total. The number of esters is 4. The zero-order valence-corrected chi connectivity index (χ0v) is 63.9. The first-order valence-electron chi connectivity index (χ1n) is 39.3. The molecule has 0 aliphatic heterocycles. The van der Waals surface area contributed by atoms with E-state index in [9.17, 15) is 43.2 Å². The summed E-state index contributed by atoms with van der Waals surface area (Å²) >= 11 is 0. The van der Waals surface area contributed by atoms with Crippen molar-refractivity contribution in [2.45, 2.75) is 394 Å². The Hall–Kier alpha value is -2.46. The zero-order valence-electron chi connectivity index (χ0n) is 62.2. The van der Waals surface area contributed by atoms with Crippen LogP contribution in [0, 0.1) is 11.8 Å². The number of allylic oxidation sites excluding steroid dienone is 4. The van der Waals surface area contributed by atoms with Crippen LogP contribution in [-0.4, -0.2) is 96.7 Å². The zero-order chi connectivity index (χ0) is 70.7. The second-order valence-electron chi connectivity index (χ2n) is 28.0. The fourth-order valence-corrected chi connectivity index (χ4v) is 12.9. The summed E-state index contributed by atoms with van der Waals surface area (Å²) in [6.45, 7) is 9.50. The van der Waals surface area contributed by atoms with Gasteiger partial charge in [-0.3, -0.25) is 37.3 Å². The van der Waals surface area contributed by atoms with Crippen molar-refractivity contribution in [1.29, 1.82) is 0 Å². The lowest BCUT2D eigenvalue weighted by molar-refractivity contribution is -0.161. The Balaban J connectivity index is 5.30. The molecule has 0 aromatic heterocycles. The lowest BCUT2D eigenvalue weighted by Crippen LogP contribution is -2.30. The third kappa shape index (κ3) is 70.0. The van der Waals surface area contributed by atoms with Gasteiger partial charge in [0, 0.05) is 25.7 Å². The fourth-order valence-electron chi connectivity index (χ4n) is 11.3. The van der Waals surface area contributed by atoms with Crippen LogP contribution in [0.1, 0.15) is 375 Å². The molecule has 0 aromatic carbocycles. The van der Waals surface area contributed by atoms with Crippen LogP contribution in [0.4, 0.5) is 0 Å². The summed E-state index contributed by atoms with van der Waals surface area (Å²) in [7, 11) is -9.93. The summed E-state index contributed by atoms with van der Waals surface area (Å²) in [5.41, 5.74) is 0. The van der Waals surface area contributed by atoms with Gasteiger partial charge in [0.25, 0.3) is 0 Å². The van der Waals surface area contributed by atoms with Crippen LogP contribution in [0.3, 0.4) is 0 Å². The van der Waals surface area contributed by atoms with Crippen molar-refractivity contribution in [1.82, 2.24) is 0 Å². The van der Waals surface area contributed by atoms with Gasteiger partial charge < -0.3 is 33.8 Å². The van der Waals surface area contributed by atoms with E-state index in [0.717, 1.165) is 121 Å². The molecule has 566 valence electrons. The lowest BCUT2D eigenvalue weighted by atomic mass is 10.0. The molecule has 0 rings (SSSR count). The minimum absolute atomic E-state index is 0.101. The number of rotatable bonds is 74. The topological polar surface area (TPSA) is 237 Å². The molecule has 0 bridgehead atoms. The highest BCUT2D eigenvalue weighted by Crippen LogP contribution is 2.45. The fraction of sp³-hybridized carbons (Fsp3) is 0.896. The maximum atomic E-state index is 13.1. The summed E-state index contributed by atoms with van der Waals surface area (Å²) in [6, 6.07) is 0. The Morgan fingerprint density at radius 1 is 0.323 bits per heavy atom. The van der Waals surface area contributed by atoms with E-state index in [2.05, 4.69) is 65.8 Å². The average molecular weight is 1410 g/mol. The largest absolute Gasteiger partial charge is 0.472 e. The van der Waals surface area contributed by atoms with E-state index in [1.807, 2.05) is 0 Å². The van der Waals surface area contributed by atoms with Crippen LogP contribution in [-0.2, 0) is 65.4 Å². The number of phosphoric acid groups is 2. The molecule has 2 unspecified atom stereocenters. The van der Waals surface area contributed by atoms with Gasteiger partial charge in [0.2, 0.25) is 0 Å². The number of hydrogen-bond donors (Lipinski definition) is 3. The highest BCUT2D eigenvalue weighted by Gasteiger charge is 2.30. The Morgan fingerprint density at radius 3 is 0.854 bits per heavy atom. The summed E-state index contributed by atoms with van der Waals surface area (Å²) < 4.78 is 68.5. The number of unbranched alkanes of at least 4 members (excludes halogenated alkanes) is 41. The Kier molecular flexibility index (Phi) is 66.6. The summed E-state index contributed by atoms with van der Waals surface area (Å²) in [6.07, 6.45) is 59.0. The summed E-state index contributed by atoms with van der Waals surface area (Å²) in [5.74, 6) is -0.656. The molecular formula is C77H146O17P2. The van der Waals surface area contributed by atoms with E-state index in [0.29, 0.717) is 25.7 Å². The van der Waals surface area contributed by atoms with Crippen LogP contribution in [0.25, 0.3) is 0 Å². The van der Waals surface area contributed by atoms with Crippen LogP contribution in [0.2, 0.25) is 0 Å². The van der Waals surface area contributed by atoms with Gasteiger partial charge in [-0.2, -0.15) is 0 Å². The van der Waals surface area contributed by atoms with Crippen molar-refractivity contribution in [3.05, 3.63) is 24.3 Å². The minimum atomic E-state index is -4.97. The average Bonchev–Trinajstić information content (AvgIpc) is 1.25. The Labute approximate surface area is 586 Å². The van der Waals surface area contributed by atoms with Crippen LogP contribution < -0.4 is 0 Å². The molecule has 0 aliphatic carbocycles. The van der Waals surface area contributed by atoms with Gasteiger partial charge in [-0.1, -0.05) is 323 Å². The third-order valence-electron chi connectivity index (χ3n) is 17.3. The number of hydrogen-bond acceptors (Lipinski definition) is 15. The van der Waals surface area contributed by atoms with Gasteiger partial charge in [0.1, 0.15) is 19.3 Å². The maximum absolute atomic E-state index is 13.1. The first-order chi connectivity index (χ1) is 46.4. The first-order valence-corrected chi connectivity index (χ1v) is 42.3. The van der Waals surface area contributed by atoms with Gasteiger partial charge in [0.05, 0.1) is 26.4 Å². The lowest BCUT2D eigenvalue weighted by Gasteiger charge is -2.21. The van der Waals surface area contributed by atoms with Crippen molar-refractivity contribution in [2.24, 2.45) is 11.8 Å².